The Labute approximate surface area is 119 Å². The first kappa shape index (κ1) is 13.8. The Morgan fingerprint density at radius 2 is 2.00 bits per heavy atom. The lowest BCUT2D eigenvalue weighted by molar-refractivity contribution is -0.111. The van der Waals surface area contributed by atoms with Crippen LogP contribution in [0.2, 0.25) is 0 Å². The van der Waals surface area contributed by atoms with Crippen LogP contribution < -0.4 is 5.32 Å². The summed E-state index contributed by atoms with van der Waals surface area (Å²) in [6.45, 7) is 1.57. The molecule has 0 aliphatic rings. The van der Waals surface area contributed by atoms with Crippen molar-refractivity contribution in [3.8, 4) is 11.8 Å². The van der Waals surface area contributed by atoms with E-state index in [0.29, 0.717) is 11.3 Å². The molecule has 1 heterocycles. The minimum absolute atomic E-state index is 0.00450. The monoisotopic (exact) mass is 286 g/mol. The van der Waals surface area contributed by atoms with Gasteiger partial charge >= 0.3 is 11.9 Å². The summed E-state index contributed by atoms with van der Waals surface area (Å²) in [6.07, 6.45) is 0. The first-order chi connectivity index (χ1) is 9.58. The van der Waals surface area contributed by atoms with Crippen molar-refractivity contribution >= 4 is 28.4 Å². The van der Waals surface area contributed by atoms with Crippen molar-refractivity contribution in [1.29, 1.82) is 0 Å². The van der Waals surface area contributed by atoms with Crippen molar-refractivity contribution in [2.24, 2.45) is 0 Å². The van der Waals surface area contributed by atoms with Gasteiger partial charge in [-0.2, -0.15) is 4.37 Å². The molecule has 0 spiro atoms. The van der Waals surface area contributed by atoms with Gasteiger partial charge in [0.15, 0.2) is 0 Å². The van der Waals surface area contributed by atoms with E-state index >= 15 is 0 Å². The molecule has 0 saturated carbocycles. The number of anilines is 1. The minimum atomic E-state index is -1.12. The zero-order valence-electron chi connectivity index (χ0n) is 10.5. The fourth-order valence-electron chi connectivity index (χ4n) is 1.49. The van der Waals surface area contributed by atoms with E-state index in [1.165, 1.54) is 0 Å². The molecule has 0 fully saturated rings. The maximum atomic E-state index is 11.7. The highest BCUT2D eigenvalue weighted by Crippen LogP contribution is 2.24. The molecule has 100 valence electrons. The SMILES string of the molecule is Cc1nsc(NC(=O)C#Cc2ccccc2)c1C(=O)O. The number of hydrogen-bond acceptors (Lipinski definition) is 4. The van der Waals surface area contributed by atoms with Crippen molar-refractivity contribution in [1.82, 2.24) is 4.37 Å². The highest BCUT2D eigenvalue weighted by Gasteiger charge is 2.18. The molecule has 0 aliphatic carbocycles. The van der Waals surface area contributed by atoms with Crippen molar-refractivity contribution in [2.45, 2.75) is 6.92 Å². The molecule has 0 unspecified atom stereocenters. The van der Waals surface area contributed by atoms with Gasteiger partial charge in [-0.15, -0.1) is 0 Å². The second kappa shape index (κ2) is 5.99. The summed E-state index contributed by atoms with van der Waals surface area (Å²) < 4.78 is 3.91. The number of nitrogens with zero attached hydrogens (tertiary/aromatic N) is 1. The molecule has 1 aromatic carbocycles. The first-order valence-electron chi connectivity index (χ1n) is 5.65. The van der Waals surface area contributed by atoms with Crippen LogP contribution in [0, 0.1) is 18.8 Å². The third-order valence-electron chi connectivity index (χ3n) is 2.40. The number of amides is 1. The number of carboxylic acids is 1. The number of benzene rings is 1. The van der Waals surface area contributed by atoms with Crippen LogP contribution >= 0.6 is 11.5 Å². The minimum Gasteiger partial charge on any atom is -0.478 e. The predicted octanol–water partition coefficient (Wildman–Crippen LogP) is 2.14. The molecule has 6 heteroatoms. The summed E-state index contributed by atoms with van der Waals surface area (Å²) >= 11 is 0.924. The Morgan fingerprint density at radius 1 is 1.30 bits per heavy atom. The zero-order valence-corrected chi connectivity index (χ0v) is 11.3. The van der Waals surface area contributed by atoms with E-state index in [1.807, 2.05) is 18.2 Å². The van der Waals surface area contributed by atoms with Gasteiger partial charge < -0.3 is 10.4 Å². The van der Waals surface area contributed by atoms with Gasteiger partial charge in [0.1, 0.15) is 10.6 Å². The highest BCUT2D eigenvalue weighted by atomic mass is 32.1. The van der Waals surface area contributed by atoms with Crippen LogP contribution in [0.15, 0.2) is 30.3 Å². The third kappa shape index (κ3) is 3.22. The van der Waals surface area contributed by atoms with Gasteiger partial charge in [0.05, 0.1) is 5.69 Å². The fourth-order valence-corrected chi connectivity index (χ4v) is 2.28. The highest BCUT2D eigenvalue weighted by molar-refractivity contribution is 7.11. The number of aromatic carboxylic acids is 1. The van der Waals surface area contributed by atoms with Gasteiger partial charge in [-0.3, -0.25) is 4.79 Å². The predicted molar refractivity (Wildman–Crippen MR) is 75.8 cm³/mol. The van der Waals surface area contributed by atoms with Gasteiger partial charge in [0, 0.05) is 11.5 Å². The van der Waals surface area contributed by atoms with E-state index in [-0.39, 0.29) is 10.6 Å². The van der Waals surface area contributed by atoms with E-state index in [4.69, 9.17) is 5.11 Å². The standard InChI is InChI=1S/C14H10N2O3S/c1-9-12(14(18)19)13(20-16-9)15-11(17)8-7-10-5-3-2-4-6-10/h2-6H,1H3,(H,15,17)(H,18,19). The van der Waals surface area contributed by atoms with E-state index in [9.17, 15) is 9.59 Å². The topological polar surface area (TPSA) is 79.3 Å². The Morgan fingerprint density at radius 3 is 2.65 bits per heavy atom. The summed E-state index contributed by atoms with van der Waals surface area (Å²) in [6, 6.07) is 9.04. The van der Waals surface area contributed by atoms with Gasteiger partial charge in [-0.05, 0) is 30.6 Å². The number of aryl methyl sites for hydroxylation is 1. The van der Waals surface area contributed by atoms with Crippen LogP contribution in [0.3, 0.4) is 0 Å². The smallest absolute Gasteiger partial charge is 0.340 e. The molecule has 2 N–H and O–H groups in total. The van der Waals surface area contributed by atoms with E-state index in [2.05, 4.69) is 21.5 Å². The molecule has 1 amide bonds. The fraction of sp³-hybridized carbons (Fsp3) is 0.0714. The second-order valence-electron chi connectivity index (χ2n) is 3.85. The van der Waals surface area contributed by atoms with Gasteiger partial charge in [-0.25, -0.2) is 4.79 Å². The molecule has 1 aromatic heterocycles. The summed E-state index contributed by atoms with van der Waals surface area (Å²) in [5.41, 5.74) is 1.08. The van der Waals surface area contributed by atoms with Crippen molar-refractivity contribution in [2.75, 3.05) is 5.32 Å². The van der Waals surface area contributed by atoms with Crippen LogP contribution in [-0.2, 0) is 4.79 Å². The normalized spacial score (nSPS) is 9.45. The van der Waals surface area contributed by atoms with Crippen molar-refractivity contribution in [3.63, 3.8) is 0 Å². The molecule has 2 aromatic rings. The Kier molecular flexibility index (Phi) is 4.13. The van der Waals surface area contributed by atoms with Crippen molar-refractivity contribution < 1.29 is 14.7 Å². The quantitative estimate of drug-likeness (QED) is 0.829. The summed E-state index contributed by atoms with van der Waals surface area (Å²) in [4.78, 5) is 22.7. The summed E-state index contributed by atoms with van der Waals surface area (Å²) in [5, 5.41) is 11.7. The molecule has 0 radical (unpaired) electrons. The Balaban J connectivity index is 2.14. The summed E-state index contributed by atoms with van der Waals surface area (Å²) in [5.74, 6) is 3.41. The van der Waals surface area contributed by atoms with Gasteiger partial charge in [0.25, 0.3) is 0 Å². The lowest BCUT2D eigenvalue weighted by Gasteiger charge is -1.98. The lowest BCUT2D eigenvalue weighted by atomic mass is 10.2. The molecule has 2 rings (SSSR count). The number of nitrogens with one attached hydrogen (secondary N) is 1. The molecule has 0 atom stereocenters. The molecule has 20 heavy (non-hydrogen) atoms. The van der Waals surface area contributed by atoms with E-state index < -0.39 is 11.9 Å². The number of carbonyl (C=O) groups is 2. The number of rotatable bonds is 2. The largest absolute Gasteiger partial charge is 0.478 e. The van der Waals surface area contributed by atoms with Crippen LogP contribution in [-0.4, -0.2) is 21.4 Å². The maximum absolute atomic E-state index is 11.7. The molecule has 0 bridgehead atoms. The number of hydrogen-bond donors (Lipinski definition) is 2. The van der Waals surface area contributed by atoms with Crippen LogP contribution in [0.4, 0.5) is 5.00 Å². The number of carbonyl (C=O) groups excluding carboxylic acids is 1. The Bertz CT molecular complexity index is 711. The van der Waals surface area contributed by atoms with E-state index in [0.717, 1.165) is 11.5 Å². The van der Waals surface area contributed by atoms with Crippen LogP contribution in [0.1, 0.15) is 21.6 Å². The molecule has 5 nitrogen and oxygen atoms in total. The molecule has 0 saturated heterocycles. The zero-order chi connectivity index (χ0) is 14.5. The molecular formula is C14H10N2O3S. The molecule has 0 aliphatic heterocycles. The van der Waals surface area contributed by atoms with Crippen LogP contribution in [0.25, 0.3) is 0 Å². The van der Waals surface area contributed by atoms with Crippen LogP contribution in [0.5, 0.6) is 0 Å². The van der Waals surface area contributed by atoms with Gasteiger partial charge in [-0.1, -0.05) is 24.1 Å². The number of aromatic nitrogens is 1. The summed E-state index contributed by atoms with van der Waals surface area (Å²) in [7, 11) is 0. The maximum Gasteiger partial charge on any atom is 0.340 e. The second-order valence-corrected chi connectivity index (χ2v) is 4.62. The van der Waals surface area contributed by atoms with Crippen molar-refractivity contribution in [3.05, 3.63) is 47.2 Å². The number of carboxylic acid groups (broad SMARTS) is 1. The van der Waals surface area contributed by atoms with Gasteiger partial charge in [0.2, 0.25) is 0 Å². The first-order valence-corrected chi connectivity index (χ1v) is 6.43. The Hall–Kier alpha value is -2.65. The average molecular weight is 286 g/mol. The third-order valence-corrected chi connectivity index (χ3v) is 3.25. The molecular weight excluding hydrogens is 276 g/mol. The van der Waals surface area contributed by atoms with E-state index in [1.54, 1.807) is 19.1 Å². The average Bonchev–Trinajstić information content (AvgIpc) is 2.78. The lowest BCUT2D eigenvalue weighted by Crippen LogP contribution is -2.11.